The number of hydroxylamine groups is 1. The van der Waals surface area contributed by atoms with Crippen LogP contribution in [0.25, 0.3) is 11.8 Å². The molecule has 0 bridgehead atoms. The number of aromatic hydroxyl groups is 1. The number of para-hydroxylation sites is 1. The third-order valence-corrected chi connectivity index (χ3v) is 4.84. The van der Waals surface area contributed by atoms with Crippen molar-refractivity contribution in [2.45, 2.75) is 45.4 Å². The van der Waals surface area contributed by atoms with Gasteiger partial charge < -0.3 is 36.2 Å². The molecule has 2 aliphatic rings. The molecule has 9 heteroatoms. The second-order valence-electron chi connectivity index (χ2n) is 7.33. The number of hydrogen-bond acceptors (Lipinski definition) is 7. The SMILES string of the molecule is C1CCOC1.C1CCOCC1.CCc1c[nH]c(N)c1/C=C(\N)c1ccccc1O.CNO.[W]. The van der Waals surface area contributed by atoms with Crippen LogP contribution in [0.4, 0.5) is 5.82 Å². The summed E-state index contributed by atoms with van der Waals surface area (Å²) < 4.78 is 10.0. The van der Waals surface area contributed by atoms with Crippen LogP contribution in [0, 0.1) is 0 Å². The molecule has 3 heterocycles. The van der Waals surface area contributed by atoms with E-state index in [-0.39, 0.29) is 26.8 Å². The summed E-state index contributed by atoms with van der Waals surface area (Å²) >= 11 is 0. The first-order valence-corrected chi connectivity index (χ1v) is 11.2. The van der Waals surface area contributed by atoms with Crippen molar-refractivity contribution in [1.29, 1.82) is 0 Å². The van der Waals surface area contributed by atoms with Gasteiger partial charge in [-0.15, -0.1) is 0 Å². The smallest absolute Gasteiger partial charge is 0.124 e. The molecule has 8 nitrogen and oxygen atoms in total. The van der Waals surface area contributed by atoms with Crippen LogP contribution in [0.2, 0.25) is 0 Å². The fourth-order valence-corrected chi connectivity index (χ4v) is 3.10. The van der Waals surface area contributed by atoms with Crippen LogP contribution < -0.4 is 16.9 Å². The first kappa shape index (κ1) is 31.2. The Kier molecular flexibility index (Phi) is 18.5. The molecular weight excluding hydrogens is 592 g/mol. The number of aryl methyl sites for hydroxylation is 1. The number of nitrogen functional groups attached to an aromatic ring is 1. The molecule has 0 unspecified atom stereocenters. The van der Waals surface area contributed by atoms with Crippen LogP contribution >= 0.6 is 0 Å². The number of phenolic OH excluding ortho intramolecular Hbond substituents is 1. The van der Waals surface area contributed by atoms with E-state index in [1.54, 1.807) is 29.8 Å². The Morgan fingerprint density at radius 3 is 2.00 bits per heavy atom. The summed E-state index contributed by atoms with van der Waals surface area (Å²) in [7, 11) is 1.43. The maximum atomic E-state index is 9.75. The summed E-state index contributed by atoms with van der Waals surface area (Å²) in [4.78, 5) is 2.97. The quantitative estimate of drug-likeness (QED) is 0.283. The average molecular weight is 632 g/mol. The minimum Gasteiger partial charge on any atom is -0.507 e. The number of nitrogens with two attached hydrogens (primary N) is 2. The molecule has 2 fully saturated rings. The fraction of sp³-hybridized carbons (Fsp3) is 0.500. The summed E-state index contributed by atoms with van der Waals surface area (Å²) in [6.45, 7) is 6.05. The zero-order chi connectivity index (χ0) is 23.6. The third kappa shape index (κ3) is 12.8. The summed E-state index contributed by atoms with van der Waals surface area (Å²) in [6, 6.07) is 6.97. The molecule has 33 heavy (non-hydrogen) atoms. The second-order valence-corrected chi connectivity index (χ2v) is 7.33. The Morgan fingerprint density at radius 2 is 1.58 bits per heavy atom. The zero-order valence-electron chi connectivity index (χ0n) is 19.8. The van der Waals surface area contributed by atoms with Crippen LogP contribution in [0.5, 0.6) is 5.75 Å². The van der Waals surface area contributed by atoms with Gasteiger partial charge in [-0.1, -0.05) is 19.1 Å². The van der Waals surface area contributed by atoms with Crippen molar-refractivity contribution in [2.75, 3.05) is 39.2 Å². The van der Waals surface area contributed by atoms with Gasteiger partial charge in [-0.05, 0) is 62.3 Å². The molecule has 2 aliphatic heterocycles. The number of ether oxygens (including phenoxy) is 2. The largest absolute Gasteiger partial charge is 0.507 e. The number of aromatic amines is 1. The number of benzene rings is 1. The van der Waals surface area contributed by atoms with Crippen LogP contribution in [-0.2, 0) is 37.0 Å². The Labute approximate surface area is 212 Å². The van der Waals surface area contributed by atoms with Crippen LogP contribution in [-0.4, -0.2) is 48.8 Å². The fourth-order valence-electron chi connectivity index (χ4n) is 3.10. The number of aromatic nitrogens is 1. The van der Waals surface area contributed by atoms with Crippen LogP contribution in [0.3, 0.4) is 0 Å². The first-order valence-electron chi connectivity index (χ1n) is 11.2. The molecule has 2 aromatic rings. The summed E-state index contributed by atoms with van der Waals surface area (Å²) in [5.74, 6) is 0.753. The molecule has 8 N–H and O–H groups in total. The molecule has 0 aliphatic carbocycles. The molecule has 1 aromatic heterocycles. The van der Waals surface area contributed by atoms with Gasteiger partial charge in [-0.3, -0.25) is 0 Å². The molecular formula is C24H40N4O4W. The Hall–Kier alpha value is -1.83. The maximum absolute atomic E-state index is 9.75. The van der Waals surface area contributed by atoms with Gasteiger partial charge in [-0.25, -0.2) is 5.48 Å². The van der Waals surface area contributed by atoms with Gasteiger partial charge in [0.15, 0.2) is 0 Å². The molecule has 186 valence electrons. The van der Waals surface area contributed by atoms with Gasteiger partial charge in [0.05, 0.1) is 0 Å². The van der Waals surface area contributed by atoms with Gasteiger partial charge in [0.2, 0.25) is 0 Å². The normalized spacial score (nSPS) is 14.9. The number of nitrogens with one attached hydrogen (secondary N) is 2. The molecule has 4 rings (SSSR count). The van der Waals surface area contributed by atoms with Gasteiger partial charge in [0.25, 0.3) is 0 Å². The van der Waals surface area contributed by atoms with Crippen molar-refractivity contribution < 1.29 is 40.9 Å². The summed E-state index contributed by atoms with van der Waals surface area (Å²) in [5, 5.41) is 17.1. The van der Waals surface area contributed by atoms with E-state index >= 15 is 0 Å². The topological polar surface area (TPSA) is 139 Å². The molecule has 0 spiro atoms. The van der Waals surface area contributed by atoms with Crippen molar-refractivity contribution in [3.8, 4) is 5.75 Å². The molecule has 1 aromatic carbocycles. The molecule has 0 atom stereocenters. The van der Waals surface area contributed by atoms with Crippen molar-refractivity contribution >= 4 is 17.6 Å². The first-order chi connectivity index (χ1) is 15.5. The number of rotatable bonds is 3. The molecule has 0 amide bonds. The minimum absolute atomic E-state index is 0. The number of phenols is 1. The average Bonchev–Trinajstić information content (AvgIpc) is 3.51. The van der Waals surface area contributed by atoms with Gasteiger partial charge >= 0.3 is 0 Å². The van der Waals surface area contributed by atoms with Crippen LogP contribution in [0.1, 0.15) is 55.7 Å². The van der Waals surface area contributed by atoms with E-state index in [1.165, 1.54) is 39.2 Å². The van der Waals surface area contributed by atoms with Gasteiger partial charge in [0.1, 0.15) is 11.6 Å². The Bertz CT molecular complexity index is 756. The second kappa shape index (κ2) is 19.6. The Balaban J connectivity index is 0.000000555. The van der Waals surface area contributed by atoms with Crippen molar-refractivity contribution in [3.05, 3.63) is 47.2 Å². The minimum atomic E-state index is 0. The van der Waals surface area contributed by atoms with E-state index < -0.39 is 0 Å². The van der Waals surface area contributed by atoms with Crippen molar-refractivity contribution in [2.24, 2.45) is 5.73 Å². The van der Waals surface area contributed by atoms with E-state index in [0.29, 0.717) is 17.1 Å². The molecule has 0 saturated carbocycles. The maximum Gasteiger partial charge on any atom is 0.124 e. The number of anilines is 1. The predicted molar refractivity (Wildman–Crippen MR) is 130 cm³/mol. The van der Waals surface area contributed by atoms with Crippen molar-refractivity contribution in [3.63, 3.8) is 0 Å². The predicted octanol–water partition coefficient (Wildman–Crippen LogP) is 3.90. The van der Waals surface area contributed by atoms with Gasteiger partial charge in [-0.2, -0.15) is 0 Å². The standard InChI is InChI=1S/C14H17N3O.C5H10O.C4H8O.CH5NO.W/c1-2-9-8-17-14(16)11(9)7-12(15)10-5-3-4-6-13(10)18;1-2-4-6-5-3-1;1-2-4-5-3-1;1-2-3;/h3-8,17-18H,2,15-16H2,1H3;1-5H2;1-4H2;2-3H,1H3;/b12-7-;;;;. The van der Waals surface area contributed by atoms with E-state index in [4.69, 9.17) is 26.1 Å². The van der Waals surface area contributed by atoms with Gasteiger partial charge in [0, 0.05) is 77.6 Å². The van der Waals surface area contributed by atoms with E-state index in [0.717, 1.165) is 44.0 Å². The van der Waals surface area contributed by atoms with E-state index in [1.807, 2.05) is 12.3 Å². The van der Waals surface area contributed by atoms with Crippen LogP contribution in [0.15, 0.2) is 30.5 Å². The summed E-state index contributed by atoms with van der Waals surface area (Å²) in [6.07, 6.45) is 11.0. The zero-order valence-corrected chi connectivity index (χ0v) is 22.7. The monoisotopic (exact) mass is 632 g/mol. The molecule has 0 radical (unpaired) electrons. The van der Waals surface area contributed by atoms with E-state index in [2.05, 4.69) is 11.9 Å². The summed E-state index contributed by atoms with van der Waals surface area (Å²) in [5.41, 5.74) is 16.7. The Morgan fingerprint density at radius 1 is 1.06 bits per heavy atom. The molecule has 2 saturated heterocycles. The van der Waals surface area contributed by atoms with E-state index in [9.17, 15) is 5.11 Å². The van der Waals surface area contributed by atoms with Crippen molar-refractivity contribution in [1.82, 2.24) is 10.5 Å². The number of H-pyrrole nitrogens is 1. The third-order valence-electron chi connectivity index (χ3n) is 4.84. The number of hydrogen-bond donors (Lipinski definition) is 6.